The highest BCUT2D eigenvalue weighted by atomic mass is 16.5. The van der Waals surface area contributed by atoms with Crippen LogP contribution in [0, 0.1) is 0 Å². The van der Waals surface area contributed by atoms with Gasteiger partial charge in [-0.15, -0.1) is 0 Å². The maximum absolute atomic E-state index is 5.86. The minimum atomic E-state index is 0.784. The second-order valence-corrected chi connectivity index (χ2v) is 6.05. The van der Waals surface area contributed by atoms with Crippen molar-refractivity contribution in [2.45, 2.75) is 0 Å². The van der Waals surface area contributed by atoms with Gasteiger partial charge in [0.05, 0.1) is 30.9 Å². The number of hydrogen-bond acceptors (Lipinski definition) is 4. The van der Waals surface area contributed by atoms with Crippen molar-refractivity contribution in [3.8, 4) is 28.0 Å². The quantitative estimate of drug-likeness (QED) is 0.510. The summed E-state index contributed by atoms with van der Waals surface area (Å²) in [7, 11) is 1.70. The van der Waals surface area contributed by atoms with E-state index in [-0.39, 0.29) is 0 Å². The SMILES string of the molecule is COc1c(Nc2cncnc2)ccc(-c2ccccc2)c1-c1ccccc1. The van der Waals surface area contributed by atoms with Crippen LogP contribution in [0.2, 0.25) is 0 Å². The van der Waals surface area contributed by atoms with Crippen LogP contribution in [0.1, 0.15) is 0 Å². The van der Waals surface area contributed by atoms with Crippen LogP contribution in [-0.4, -0.2) is 17.1 Å². The van der Waals surface area contributed by atoms with Gasteiger partial charge in [-0.2, -0.15) is 0 Å². The maximum Gasteiger partial charge on any atom is 0.150 e. The lowest BCUT2D eigenvalue weighted by Crippen LogP contribution is -1.99. The molecule has 4 rings (SSSR count). The lowest BCUT2D eigenvalue weighted by atomic mass is 9.93. The first-order valence-corrected chi connectivity index (χ1v) is 8.70. The molecular weight excluding hydrogens is 334 g/mol. The molecule has 0 amide bonds. The fraction of sp³-hybridized carbons (Fsp3) is 0.0435. The Hall–Kier alpha value is -3.66. The second kappa shape index (κ2) is 7.70. The Balaban J connectivity index is 1.91. The first-order chi connectivity index (χ1) is 13.4. The largest absolute Gasteiger partial charge is 0.494 e. The number of rotatable bonds is 5. The molecule has 4 nitrogen and oxygen atoms in total. The van der Waals surface area contributed by atoms with Crippen LogP contribution >= 0.6 is 0 Å². The molecule has 1 heterocycles. The predicted molar refractivity (Wildman–Crippen MR) is 109 cm³/mol. The monoisotopic (exact) mass is 353 g/mol. The van der Waals surface area contributed by atoms with Gasteiger partial charge in [0.25, 0.3) is 0 Å². The molecule has 4 heteroatoms. The van der Waals surface area contributed by atoms with E-state index < -0.39 is 0 Å². The number of nitrogens with one attached hydrogen (secondary N) is 1. The van der Waals surface area contributed by atoms with Gasteiger partial charge in [0.15, 0.2) is 5.75 Å². The first-order valence-electron chi connectivity index (χ1n) is 8.70. The van der Waals surface area contributed by atoms with Crippen LogP contribution in [0.5, 0.6) is 5.75 Å². The molecule has 0 bridgehead atoms. The van der Waals surface area contributed by atoms with Crippen LogP contribution in [-0.2, 0) is 0 Å². The lowest BCUT2D eigenvalue weighted by molar-refractivity contribution is 0.418. The molecule has 1 aromatic heterocycles. The highest BCUT2D eigenvalue weighted by molar-refractivity contribution is 5.92. The Kier molecular flexibility index (Phi) is 4.79. The van der Waals surface area contributed by atoms with Crippen molar-refractivity contribution in [3.63, 3.8) is 0 Å². The molecule has 27 heavy (non-hydrogen) atoms. The van der Waals surface area contributed by atoms with E-state index in [1.165, 1.54) is 6.33 Å². The van der Waals surface area contributed by atoms with Gasteiger partial charge < -0.3 is 10.1 Å². The first kappa shape index (κ1) is 16.8. The summed E-state index contributed by atoms with van der Waals surface area (Å²) in [5, 5.41) is 3.36. The fourth-order valence-electron chi connectivity index (χ4n) is 3.16. The Morgan fingerprint density at radius 1 is 0.741 bits per heavy atom. The Morgan fingerprint density at radius 3 is 2.00 bits per heavy atom. The van der Waals surface area contributed by atoms with Crippen molar-refractivity contribution in [2.24, 2.45) is 0 Å². The number of methoxy groups -OCH3 is 1. The van der Waals surface area contributed by atoms with Gasteiger partial charge in [-0.1, -0.05) is 66.7 Å². The molecule has 4 aromatic rings. The standard InChI is InChI=1S/C23H19N3O/c1-27-23-21(26-19-14-24-16-25-15-19)13-12-20(17-8-4-2-5-9-17)22(23)18-10-6-3-7-11-18/h2-16,26H,1H3. The topological polar surface area (TPSA) is 47.0 Å². The molecule has 0 saturated heterocycles. The van der Waals surface area contributed by atoms with E-state index in [4.69, 9.17) is 4.74 Å². The van der Waals surface area contributed by atoms with Gasteiger partial charge in [0.1, 0.15) is 6.33 Å². The number of benzene rings is 3. The van der Waals surface area contributed by atoms with Crippen molar-refractivity contribution in [1.82, 2.24) is 9.97 Å². The van der Waals surface area contributed by atoms with Gasteiger partial charge in [-0.25, -0.2) is 9.97 Å². The Bertz CT molecular complexity index is 1020. The molecular formula is C23H19N3O. The number of anilines is 2. The minimum Gasteiger partial charge on any atom is -0.494 e. The van der Waals surface area contributed by atoms with Crippen LogP contribution in [0.25, 0.3) is 22.3 Å². The Morgan fingerprint density at radius 2 is 1.37 bits per heavy atom. The van der Waals surface area contributed by atoms with E-state index in [2.05, 4.69) is 45.6 Å². The minimum absolute atomic E-state index is 0.784. The molecule has 0 atom stereocenters. The summed E-state index contributed by atoms with van der Waals surface area (Å²) in [6.07, 6.45) is 4.98. The van der Waals surface area contributed by atoms with E-state index in [0.717, 1.165) is 39.4 Å². The average Bonchev–Trinajstić information content (AvgIpc) is 2.75. The van der Waals surface area contributed by atoms with E-state index in [1.807, 2.05) is 42.5 Å². The summed E-state index contributed by atoms with van der Waals surface area (Å²) >= 11 is 0. The zero-order valence-electron chi connectivity index (χ0n) is 15.0. The van der Waals surface area contributed by atoms with Crippen molar-refractivity contribution in [3.05, 3.63) is 91.5 Å². The summed E-state index contributed by atoms with van der Waals surface area (Å²) in [4.78, 5) is 8.14. The number of nitrogens with zero attached hydrogens (tertiary/aromatic N) is 2. The van der Waals surface area contributed by atoms with Crippen LogP contribution < -0.4 is 10.1 Å². The second-order valence-electron chi connectivity index (χ2n) is 6.05. The van der Waals surface area contributed by atoms with Crippen LogP contribution in [0.15, 0.2) is 91.5 Å². The summed E-state index contributed by atoms with van der Waals surface area (Å²) in [5.74, 6) is 0.784. The smallest absolute Gasteiger partial charge is 0.150 e. The van der Waals surface area contributed by atoms with Crippen molar-refractivity contribution < 1.29 is 4.74 Å². The predicted octanol–water partition coefficient (Wildman–Crippen LogP) is 5.56. The van der Waals surface area contributed by atoms with Crippen molar-refractivity contribution in [1.29, 1.82) is 0 Å². The number of aromatic nitrogens is 2. The molecule has 0 aliphatic carbocycles. The molecule has 1 N–H and O–H groups in total. The zero-order chi connectivity index (χ0) is 18.5. The molecule has 0 unspecified atom stereocenters. The molecule has 132 valence electrons. The third-order valence-corrected chi connectivity index (χ3v) is 4.35. The van der Waals surface area contributed by atoms with Gasteiger partial charge in [-0.3, -0.25) is 0 Å². The maximum atomic E-state index is 5.86. The molecule has 0 saturated carbocycles. The summed E-state index contributed by atoms with van der Waals surface area (Å²) in [5.41, 5.74) is 6.08. The fourth-order valence-corrected chi connectivity index (χ4v) is 3.16. The van der Waals surface area contributed by atoms with Gasteiger partial charge in [0.2, 0.25) is 0 Å². The Labute approximate surface area is 158 Å². The van der Waals surface area contributed by atoms with Gasteiger partial charge >= 0.3 is 0 Å². The number of ether oxygens (including phenoxy) is 1. The summed E-state index contributed by atoms with van der Waals surface area (Å²) in [6, 6.07) is 24.8. The van der Waals surface area contributed by atoms with E-state index in [1.54, 1.807) is 19.5 Å². The molecule has 0 aliphatic rings. The van der Waals surface area contributed by atoms with Crippen molar-refractivity contribution in [2.75, 3.05) is 12.4 Å². The van der Waals surface area contributed by atoms with E-state index in [0.29, 0.717) is 0 Å². The number of hydrogen-bond donors (Lipinski definition) is 1. The molecule has 0 spiro atoms. The molecule has 0 radical (unpaired) electrons. The molecule has 0 fully saturated rings. The van der Waals surface area contributed by atoms with Gasteiger partial charge in [0, 0.05) is 5.56 Å². The highest BCUT2D eigenvalue weighted by Crippen LogP contribution is 2.44. The van der Waals surface area contributed by atoms with Crippen molar-refractivity contribution >= 4 is 11.4 Å². The van der Waals surface area contributed by atoms with E-state index in [9.17, 15) is 0 Å². The molecule has 3 aromatic carbocycles. The zero-order valence-corrected chi connectivity index (χ0v) is 15.0. The molecule has 0 aliphatic heterocycles. The summed E-state index contributed by atoms with van der Waals surface area (Å²) < 4.78 is 5.86. The normalized spacial score (nSPS) is 10.4. The van der Waals surface area contributed by atoms with Crippen LogP contribution in [0.3, 0.4) is 0 Å². The van der Waals surface area contributed by atoms with Crippen LogP contribution in [0.4, 0.5) is 11.4 Å². The third kappa shape index (κ3) is 3.51. The third-order valence-electron chi connectivity index (χ3n) is 4.35. The summed E-state index contributed by atoms with van der Waals surface area (Å²) in [6.45, 7) is 0. The van der Waals surface area contributed by atoms with E-state index >= 15 is 0 Å². The van der Waals surface area contributed by atoms with Gasteiger partial charge in [-0.05, 0) is 22.8 Å². The highest BCUT2D eigenvalue weighted by Gasteiger charge is 2.17. The lowest BCUT2D eigenvalue weighted by Gasteiger charge is -2.19. The average molecular weight is 353 g/mol.